The lowest BCUT2D eigenvalue weighted by molar-refractivity contribution is -0.121. The topological polar surface area (TPSA) is 79.4 Å². The molecule has 1 atom stereocenters. The standard InChI is InChI=1S/C30H39Cl3N4O3/c1-22(40-2)15-11-8-6-4-3-5-7-9-14-18-28(38)35-36(24-16-12-10-13-17-24)27-21-29(39)37(34-27)30-25(32)19-23(31)20-26(30)33/h10,12-13,16-17,19-22,34H,3-9,11,14-15,18H2,1-2H3,(H,35,38). The van der Waals surface area contributed by atoms with Gasteiger partial charge in [-0.05, 0) is 44.0 Å². The van der Waals surface area contributed by atoms with E-state index in [4.69, 9.17) is 39.5 Å². The number of hydrazine groups is 1. The number of amides is 1. The van der Waals surface area contributed by atoms with Crippen LogP contribution in [0.15, 0.2) is 53.3 Å². The second-order valence-electron chi connectivity index (χ2n) is 10.0. The number of ether oxygens (including phenoxy) is 1. The number of unbranched alkanes of at least 4 members (excludes halogenated alkanes) is 8. The summed E-state index contributed by atoms with van der Waals surface area (Å²) >= 11 is 18.7. The number of aromatic nitrogens is 2. The van der Waals surface area contributed by atoms with Crippen LogP contribution in [0.3, 0.4) is 0 Å². The van der Waals surface area contributed by atoms with Crippen LogP contribution in [0.1, 0.15) is 77.6 Å². The molecule has 2 aromatic carbocycles. The SMILES string of the molecule is COC(C)CCCCCCCCCCCC(=O)NN(c1ccccc1)c1cc(=O)n(-c2c(Cl)cc(Cl)cc2Cl)[nH]1. The smallest absolute Gasteiger partial charge is 0.273 e. The number of carbonyl (C=O) groups is 1. The van der Waals surface area contributed by atoms with E-state index in [0.717, 1.165) is 25.7 Å². The van der Waals surface area contributed by atoms with E-state index in [2.05, 4.69) is 17.4 Å². The van der Waals surface area contributed by atoms with Gasteiger partial charge in [-0.2, -0.15) is 0 Å². The number of rotatable bonds is 17. The summed E-state index contributed by atoms with van der Waals surface area (Å²) in [7, 11) is 1.77. The molecule has 0 spiro atoms. The van der Waals surface area contributed by atoms with Gasteiger partial charge in [-0.15, -0.1) is 0 Å². The summed E-state index contributed by atoms with van der Waals surface area (Å²) in [5.74, 6) is 0.230. The average molecular weight is 610 g/mol. The van der Waals surface area contributed by atoms with E-state index in [1.165, 1.54) is 61.4 Å². The van der Waals surface area contributed by atoms with Gasteiger partial charge in [-0.1, -0.05) is 104 Å². The maximum absolute atomic E-state index is 12.9. The fourth-order valence-corrected chi connectivity index (χ4v) is 5.49. The lowest BCUT2D eigenvalue weighted by Crippen LogP contribution is -2.39. The number of H-pyrrole nitrogens is 1. The molecule has 0 saturated carbocycles. The Labute approximate surface area is 251 Å². The van der Waals surface area contributed by atoms with Crippen LogP contribution in [0.2, 0.25) is 15.1 Å². The number of benzene rings is 2. The van der Waals surface area contributed by atoms with Crippen molar-refractivity contribution in [2.24, 2.45) is 0 Å². The van der Waals surface area contributed by atoms with Gasteiger partial charge in [0.15, 0.2) is 5.82 Å². The van der Waals surface area contributed by atoms with Crippen LogP contribution in [-0.2, 0) is 9.53 Å². The van der Waals surface area contributed by atoms with Crippen molar-refractivity contribution in [2.45, 2.75) is 83.7 Å². The first-order valence-corrected chi connectivity index (χ1v) is 15.1. The molecule has 0 aliphatic carbocycles. The van der Waals surface area contributed by atoms with Gasteiger partial charge in [0.05, 0.1) is 21.8 Å². The van der Waals surface area contributed by atoms with E-state index in [-0.39, 0.29) is 27.2 Å². The first-order chi connectivity index (χ1) is 19.3. The molecule has 1 amide bonds. The molecular formula is C30H39Cl3N4O3. The Hall–Kier alpha value is -2.45. The predicted octanol–water partition coefficient (Wildman–Crippen LogP) is 8.62. The number of para-hydroxylation sites is 1. The number of methoxy groups -OCH3 is 1. The molecule has 1 aromatic heterocycles. The minimum Gasteiger partial charge on any atom is -0.382 e. The largest absolute Gasteiger partial charge is 0.382 e. The Kier molecular flexibility index (Phi) is 13.4. The number of hydrogen-bond acceptors (Lipinski definition) is 4. The van der Waals surface area contributed by atoms with Crippen LogP contribution in [0.25, 0.3) is 5.69 Å². The van der Waals surface area contributed by atoms with Gasteiger partial charge in [0.2, 0.25) is 5.91 Å². The van der Waals surface area contributed by atoms with E-state index in [9.17, 15) is 9.59 Å². The van der Waals surface area contributed by atoms with Crippen molar-refractivity contribution in [2.75, 3.05) is 12.1 Å². The van der Waals surface area contributed by atoms with E-state index in [0.29, 0.717) is 29.1 Å². The minimum absolute atomic E-state index is 0.134. The molecular weight excluding hydrogens is 571 g/mol. The monoisotopic (exact) mass is 608 g/mol. The minimum atomic E-state index is -0.388. The molecule has 0 bridgehead atoms. The second kappa shape index (κ2) is 16.7. The van der Waals surface area contributed by atoms with Crippen LogP contribution in [-0.4, -0.2) is 28.9 Å². The third-order valence-electron chi connectivity index (χ3n) is 6.82. The van der Waals surface area contributed by atoms with Crippen molar-refractivity contribution in [3.05, 3.63) is 74.0 Å². The summed E-state index contributed by atoms with van der Waals surface area (Å²) in [6.45, 7) is 2.12. The molecule has 10 heteroatoms. The fourth-order valence-electron chi connectivity index (χ4n) is 4.51. The van der Waals surface area contributed by atoms with Gasteiger partial charge in [-0.25, -0.2) is 9.69 Å². The Bertz CT molecular complexity index is 1240. The molecule has 7 nitrogen and oxygen atoms in total. The Balaban J connectivity index is 1.52. The molecule has 1 heterocycles. The highest BCUT2D eigenvalue weighted by Gasteiger charge is 2.19. The quantitative estimate of drug-likeness (QED) is 0.119. The van der Waals surface area contributed by atoms with E-state index in [1.54, 1.807) is 12.1 Å². The van der Waals surface area contributed by atoms with Gasteiger partial charge in [0, 0.05) is 24.6 Å². The van der Waals surface area contributed by atoms with E-state index >= 15 is 0 Å². The fraction of sp³-hybridized carbons (Fsp3) is 0.467. The zero-order chi connectivity index (χ0) is 28.9. The van der Waals surface area contributed by atoms with Crippen molar-refractivity contribution in [3.8, 4) is 5.69 Å². The number of nitrogens with zero attached hydrogens (tertiary/aromatic N) is 2. The predicted molar refractivity (Wildman–Crippen MR) is 165 cm³/mol. The Morgan fingerprint density at radius 1 is 0.925 bits per heavy atom. The van der Waals surface area contributed by atoms with Crippen molar-refractivity contribution in [1.29, 1.82) is 0 Å². The van der Waals surface area contributed by atoms with Crippen LogP contribution in [0.5, 0.6) is 0 Å². The number of anilines is 2. The third-order valence-corrected chi connectivity index (χ3v) is 7.62. The van der Waals surface area contributed by atoms with Crippen LogP contribution in [0, 0.1) is 0 Å². The summed E-state index contributed by atoms with van der Waals surface area (Å²) in [6.07, 6.45) is 12.3. The van der Waals surface area contributed by atoms with Gasteiger partial charge in [0.1, 0.15) is 5.69 Å². The van der Waals surface area contributed by atoms with Crippen LogP contribution < -0.4 is 16.0 Å². The average Bonchev–Trinajstić information content (AvgIpc) is 3.30. The number of nitrogens with one attached hydrogen (secondary N) is 2. The molecule has 0 aliphatic heterocycles. The first kappa shape index (κ1) is 32.1. The van der Waals surface area contributed by atoms with Gasteiger partial charge >= 0.3 is 0 Å². The first-order valence-electron chi connectivity index (χ1n) is 13.9. The van der Waals surface area contributed by atoms with Crippen LogP contribution in [0.4, 0.5) is 11.5 Å². The van der Waals surface area contributed by atoms with Crippen LogP contribution >= 0.6 is 34.8 Å². The summed E-state index contributed by atoms with van der Waals surface area (Å²) in [5, 5.41) is 5.38. The normalized spacial score (nSPS) is 11.9. The number of carbonyl (C=O) groups excluding carboxylic acids is 1. The molecule has 0 saturated heterocycles. The molecule has 3 aromatic rings. The highest BCUT2D eigenvalue weighted by atomic mass is 35.5. The number of hydrogen-bond donors (Lipinski definition) is 2. The summed E-state index contributed by atoms with van der Waals surface area (Å²) < 4.78 is 6.53. The Morgan fingerprint density at radius 2 is 1.50 bits per heavy atom. The lowest BCUT2D eigenvalue weighted by atomic mass is 10.0. The highest BCUT2D eigenvalue weighted by Crippen LogP contribution is 2.32. The molecule has 2 N–H and O–H groups in total. The molecule has 0 radical (unpaired) electrons. The Morgan fingerprint density at radius 3 is 2.10 bits per heavy atom. The second-order valence-corrected chi connectivity index (χ2v) is 11.3. The van der Waals surface area contributed by atoms with E-state index < -0.39 is 0 Å². The lowest BCUT2D eigenvalue weighted by Gasteiger charge is -2.23. The summed E-state index contributed by atoms with van der Waals surface area (Å²) in [4.78, 5) is 25.8. The number of halogens is 3. The highest BCUT2D eigenvalue weighted by molar-refractivity contribution is 6.40. The van der Waals surface area contributed by atoms with Crippen molar-refractivity contribution >= 4 is 52.2 Å². The maximum Gasteiger partial charge on any atom is 0.273 e. The van der Waals surface area contributed by atoms with E-state index in [1.807, 2.05) is 30.3 Å². The zero-order valence-electron chi connectivity index (χ0n) is 23.2. The van der Waals surface area contributed by atoms with Gasteiger partial charge < -0.3 is 4.74 Å². The maximum atomic E-state index is 12.9. The van der Waals surface area contributed by atoms with Crippen molar-refractivity contribution < 1.29 is 9.53 Å². The number of aromatic amines is 1. The summed E-state index contributed by atoms with van der Waals surface area (Å²) in [6, 6.07) is 13.7. The molecule has 0 aliphatic rings. The molecule has 1 unspecified atom stereocenters. The molecule has 0 fully saturated rings. The third kappa shape index (κ3) is 9.88. The molecule has 3 rings (SSSR count). The summed E-state index contributed by atoms with van der Waals surface area (Å²) in [5.41, 5.74) is 3.52. The zero-order valence-corrected chi connectivity index (χ0v) is 25.5. The van der Waals surface area contributed by atoms with Crippen molar-refractivity contribution in [3.63, 3.8) is 0 Å². The van der Waals surface area contributed by atoms with Crippen molar-refractivity contribution in [1.82, 2.24) is 15.2 Å². The van der Waals surface area contributed by atoms with Gasteiger partial charge in [-0.3, -0.25) is 20.1 Å². The molecule has 218 valence electrons. The molecule has 40 heavy (non-hydrogen) atoms. The van der Waals surface area contributed by atoms with Gasteiger partial charge in [0.25, 0.3) is 5.56 Å².